The van der Waals surface area contributed by atoms with Crippen molar-refractivity contribution < 1.29 is 48.2 Å². The maximum absolute atomic E-state index is 11.5. The van der Waals surface area contributed by atoms with E-state index < -0.39 is 62.5 Å². The Bertz CT molecular complexity index is 667. The van der Waals surface area contributed by atoms with Crippen molar-refractivity contribution in [2.45, 2.75) is 30.7 Å². The zero-order chi connectivity index (χ0) is 21.4. The van der Waals surface area contributed by atoms with Crippen molar-refractivity contribution in [1.29, 1.82) is 0 Å². The van der Waals surface area contributed by atoms with Gasteiger partial charge in [-0.3, -0.25) is 0 Å². The first kappa shape index (κ1) is 22.8. The fourth-order valence-corrected chi connectivity index (χ4v) is 2.66. The zero-order valence-electron chi connectivity index (χ0n) is 16.1. The lowest BCUT2D eigenvalue weighted by atomic mass is 9.98. The van der Waals surface area contributed by atoms with E-state index in [1.807, 2.05) is 0 Å². The van der Waals surface area contributed by atoms with E-state index >= 15 is 0 Å². The number of methoxy groups -OCH3 is 2. The Morgan fingerprint density at radius 1 is 1.03 bits per heavy atom. The topological polar surface area (TPSA) is 156 Å². The minimum absolute atomic E-state index is 0.348. The largest absolute Gasteiger partial charge is 0.467 e. The number of hydrogen-bond acceptors (Lipinski definition) is 11. The number of anilines is 1. The Balaban J connectivity index is 2.18. The van der Waals surface area contributed by atoms with Gasteiger partial charge < -0.3 is 44.4 Å². The van der Waals surface area contributed by atoms with Crippen LogP contribution in [-0.2, 0) is 33.3 Å². The van der Waals surface area contributed by atoms with Crippen LogP contribution in [0.5, 0.6) is 5.75 Å². The molecule has 1 fully saturated rings. The summed E-state index contributed by atoms with van der Waals surface area (Å²) in [5.41, 5.74) is 6.15. The molecule has 0 unspecified atom stereocenters. The Morgan fingerprint density at radius 3 is 2.10 bits per heavy atom. The number of ether oxygens (including phenoxy) is 6. The summed E-state index contributed by atoms with van der Waals surface area (Å²) in [6, 6.07) is 6.34. The van der Waals surface area contributed by atoms with Gasteiger partial charge in [0, 0.05) is 5.69 Å². The number of hydrogen-bond donors (Lipinski definition) is 3. The molecule has 2 rings (SSSR count). The number of aliphatic hydroxyl groups excluding tert-OH is 2. The molecule has 0 radical (unpaired) electrons. The summed E-state index contributed by atoms with van der Waals surface area (Å²) in [5.74, 6) is -1.02. The molecule has 0 amide bonds. The highest BCUT2D eigenvalue weighted by atomic mass is 16.7. The first-order valence-electron chi connectivity index (χ1n) is 8.73. The SMILES string of the molecule is COC(=O)CO[C@@H]1[C@@H](O)[C@H](Oc2ccc(N)cc2)O[C@H](CO)[C@@H]1OCC(=O)OC. The van der Waals surface area contributed by atoms with E-state index in [0.717, 1.165) is 0 Å². The Labute approximate surface area is 167 Å². The van der Waals surface area contributed by atoms with Crippen LogP contribution in [0.4, 0.5) is 5.69 Å². The first-order valence-corrected chi connectivity index (χ1v) is 8.73. The normalized spacial score (nSPS) is 26.6. The van der Waals surface area contributed by atoms with Crippen molar-refractivity contribution in [2.24, 2.45) is 0 Å². The molecular formula is C18H25NO10. The zero-order valence-corrected chi connectivity index (χ0v) is 16.1. The number of aliphatic hydroxyl groups is 2. The van der Waals surface area contributed by atoms with E-state index in [4.69, 9.17) is 24.7 Å². The quantitative estimate of drug-likeness (QED) is 0.330. The van der Waals surface area contributed by atoms with E-state index in [2.05, 4.69) is 9.47 Å². The summed E-state index contributed by atoms with van der Waals surface area (Å²) in [6.07, 6.45) is -5.97. The molecule has 1 aliphatic rings. The Morgan fingerprint density at radius 2 is 1.59 bits per heavy atom. The van der Waals surface area contributed by atoms with E-state index in [0.29, 0.717) is 11.4 Å². The molecule has 0 bridgehead atoms. The van der Waals surface area contributed by atoms with Gasteiger partial charge in [-0.1, -0.05) is 0 Å². The summed E-state index contributed by atoms with van der Waals surface area (Å²) in [6.45, 7) is -1.50. The summed E-state index contributed by atoms with van der Waals surface area (Å²) in [7, 11) is 2.37. The second-order valence-corrected chi connectivity index (χ2v) is 6.11. The summed E-state index contributed by atoms with van der Waals surface area (Å²) < 4.78 is 31.2. The third-order valence-electron chi connectivity index (χ3n) is 4.17. The van der Waals surface area contributed by atoms with Crippen molar-refractivity contribution in [1.82, 2.24) is 0 Å². The molecule has 29 heavy (non-hydrogen) atoms. The maximum Gasteiger partial charge on any atom is 0.331 e. The Hall–Kier alpha value is -2.44. The molecule has 0 spiro atoms. The molecule has 0 aliphatic carbocycles. The van der Waals surface area contributed by atoms with Gasteiger partial charge in [-0.2, -0.15) is 0 Å². The van der Waals surface area contributed by atoms with Crippen molar-refractivity contribution in [3.05, 3.63) is 24.3 Å². The average molecular weight is 415 g/mol. The molecule has 11 heteroatoms. The van der Waals surface area contributed by atoms with Gasteiger partial charge in [-0.05, 0) is 24.3 Å². The molecule has 1 saturated heterocycles. The highest BCUT2D eigenvalue weighted by molar-refractivity contribution is 5.70. The van der Waals surface area contributed by atoms with E-state index in [-0.39, 0.29) is 0 Å². The lowest BCUT2D eigenvalue weighted by Crippen LogP contribution is -2.62. The number of rotatable bonds is 9. The standard InChI is InChI=1S/C18H25NO10/c1-24-13(21)8-26-16-12(7-20)29-18(28-11-5-3-10(19)4-6-11)15(23)17(16)27-9-14(22)25-2/h3-6,12,15-18,20,23H,7-9,19H2,1-2H3/t12-,15-,16+,17-,18-/m1/s1. The molecule has 162 valence electrons. The van der Waals surface area contributed by atoms with Gasteiger partial charge in [0.25, 0.3) is 0 Å². The molecule has 11 nitrogen and oxygen atoms in total. The number of nitrogens with two attached hydrogens (primary N) is 1. The number of carbonyl (C=O) groups is 2. The molecule has 0 saturated carbocycles. The van der Waals surface area contributed by atoms with Crippen molar-refractivity contribution in [3.63, 3.8) is 0 Å². The van der Waals surface area contributed by atoms with Crippen LogP contribution in [0.25, 0.3) is 0 Å². The third kappa shape index (κ3) is 6.27. The summed E-state index contributed by atoms with van der Waals surface area (Å²) in [5, 5.41) is 20.4. The van der Waals surface area contributed by atoms with Crippen LogP contribution in [-0.4, -0.2) is 86.9 Å². The lowest BCUT2D eigenvalue weighted by molar-refractivity contribution is -0.293. The maximum atomic E-state index is 11.5. The van der Waals surface area contributed by atoms with Crippen molar-refractivity contribution in [3.8, 4) is 5.75 Å². The van der Waals surface area contributed by atoms with Gasteiger partial charge in [-0.15, -0.1) is 0 Å². The van der Waals surface area contributed by atoms with Crippen LogP contribution >= 0.6 is 0 Å². The van der Waals surface area contributed by atoms with Crippen molar-refractivity contribution >= 4 is 17.6 Å². The van der Waals surface area contributed by atoms with E-state index in [9.17, 15) is 19.8 Å². The van der Waals surface area contributed by atoms with Gasteiger partial charge >= 0.3 is 11.9 Å². The first-order chi connectivity index (χ1) is 13.9. The van der Waals surface area contributed by atoms with Gasteiger partial charge in [0.05, 0.1) is 20.8 Å². The third-order valence-corrected chi connectivity index (χ3v) is 4.17. The predicted octanol–water partition coefficient (Wildman–Crippen LogP) is -1.16. The van der Waals surface area contributed by atoms with Crippen LogP contribution < -0.4 is 10.5 Å². The van der Waals surface area contributed by atoms with Gasteiger partial charge in [0.1, 0.15) is 43.4 Å². The second-order valence-electron chi connectivity index (χ2n) is 6.11. The molecular weight excluding hydrogens is 390 g/mol. The molecule has 5 atom stereocenters. The van der Waals surface area contributed by atoms with E-state index in [1.54, 1.807) is 24.3 Å². The molecule has 1 heterocycles. The van der Waals surface area contributed by atoms with E-state index in [1.165, 1.54) is 14.2 Å². The van der Waals surface area contributed by atoms with Gasteiger partial charge in [-0.25, -0.2) is 9.59 Å². The molecule has 1 aliphatic heterocycles. The minimum atomic E-state index is -1.43. The van der Waals surface area contributed by atoms with Crippen LogP contribution in [0.3, 0.4) is 0 Å². The van der Waals surface area contributed by atoms with Crippen molar-refractivity contribution in [2.75, 3.05) is 39.8 Å². The van der Waals surface area contributed by atoms with Crippen LogP contribution in [0.2, 0.25) is 0 Å². The number of esters is 2. The fourth-order valence-electron chi connectivity index (χ4n) is 2.66. The fraction of sp³-hybridized carbons (Fsp3) is 0.556. The molecule has 1 aromatic carbocycles. The number of benzene rings is 1. The number of nitrogen functional groups attached to an aromatic ring is 1. The average Bonchev–Trinajstić information content (AvgIpc) is 2.73. The smallest absolute Gasteiger partial charge is 0.331 e. The molecule has 1 aromatic rings. The predicted molar refractivity (Wildman–Crippen MR) is 96.7 cm³/mol. The summed E-state index contributed by atoms with van der Waals surface area (Å²) >= 11 is 0. The van der Waals surface area contributed by atoms with Crippen LogP contribution in [0.1, 0.15) is 0 Å². The lowest BCUT2D eigenvalue weighted by Gasteiger charge is -2.43. The highest BCUT2D eigenvalue weighted by Crippen LogP contribution is 2.28. The second kappa shape index (κ2) is 10.9. The van der Waals surface area contributed by atoms with Crippen LogP contribution in [0, 0.1) is 0 Å². The minimum Gasteiger partial charge on any atom is -0.467 e. The highest BCUT2D eigenvalue weighted by Gasteiger charge is 2.48. The number of carbonyl (C=O) groups excluding carboxylic acids is 2. The van der Waals surface area contributed by atoms with Gasteiger partial charge in [0.2, 0.25) is 6.29 Å². The molecule has 0 aromatic heterocycles. The monoisotopic (exact) mass is 415 g/mol. The Kier molecular flexibility index (Phi) is 8.61. The van der Waals surface area contributed by atoms with Crippen LogP contribution in [0.15, 0.2) is 24.3 Å². The van der Waals surface area contributed by atoms with Gasteiger partial charge in [0.15, 0.2) is 0 Å². The summed E-state index contributed by atoms with van der Waals surface area (Å²) in [4.78, 5) is 22.9. The molecule has 4 N–H and O–H groups in total.